The molecule has 0 aliphatic rings. The first-order valence-electron chi connectivity index (χ1n) is 7.63. The Hall–Kier alpha value is -2.49. The Labute approximate surface area is 137 Å². The fourth-order valence-corrected chi connectivity index (χ4v) is 1.90. The maximum atomic E-state index is 11.3. The van der Waals surface area contributed by atoms with Crippen molar-refractivity contribution in [3.8, 4) is 5.75 Å². The van der Waals surface area contributed by atoms with E-state index in [1.807, 2.05) is 24.3 Å². The Morgan fingerprint density at radius 3 is 2.09 bits per heavy atom. The second-order valence-corrected chi connectivity index (χ2v) is 5.62. The van der Waals surface area contributed by atoms with Crippen LogP contribution in [-0.2, 0) is 22.7 Å². The molecule has 0 saturated heterocycles. The Morgan fingerprint density at radius 2 is 1.48 bits per heavy atom. The van der Waals surface area contributed by atoms with Crippen LogP contribution in [0.2, 0.25) is 0 Å². The van der Waals surface area contributed by atoms with Crippen LogP contribution in [0.3, 0.4) is 0 Å². The number of aryl methyl sites for hydroxylation is 1. The van der Waals surface area contributed by atoms with Gasteiger partial charge in [-0.1, -0.05) is 42.0 Å². The van der Waals surface area contributed by atoms with E-state index in [9.17, 15) is 4.79 Å². The van der Waals surface area contributed by atoms with E-state index in [4.69, 9.17) is 14.2 Å². The van der Waals surface area contributed by atoms with Gasteiger partial charge in [-0.3, -0.25) is 0 Å². The van der Waals surface area contributed by atoms with Crippen LogP contribution in [0.5, 0.6) is 5.75 Å². The predicted molar refractivity (Wildman–Crippen MR) is 88.4 cm³/mol. The lowest BCUT2D eigenvalue weighted by molar-refractivity contribution is 0.0298. The second-order valence-electron chi connectivity index (χ2n) is 5.62. The molecule has 0 spiro atoms. The lowest BCUT2D eigenvalue weighted by atomic mass is 10.2. The molecule has 0 fully saturated rings. The van der Waals surface area contributed by atoms with Crippen LogP contribution in [0.4, 0.5) is 4.79 Å². The fraction of sp³-hybridized carbons (Fsp3) is 0.316. The standard InChI is InChI=1S/C19H22O4/c1-14(2)23-19(20)22-13-17-8-10-18(11-9-17)21-12-16-6-4-15(3)5-7-16/h4-11,14H,12-13H2,1-3H3. The third-order valence-corrected chi connectivity index (χ3v) is 3.14. The zero-order valence-corrected chi connectivity index (χ0v) is 13.7. The highest BCUT2D eigenvalue weighted by molar-refractivity contribution is 5.60. The Kier molecular flexibility index (Phi) is 6.03. The smallest absolute Gasteiger partial charge is 0.489 e. The van der Waals surface area contributed by atoms with Gasteiger partial charge in [-0.2, -0.15) is 0 Å². The average molecular weight is 314 g/mol. The molecule has 2 aromatic rings. The molecule has 0 bridgehead atoms. The number of ether oxygens (including phenoxy) is 3. The number of carbonyl (C=O) groups excluding carboxylic acids is 1. The maximum absolute atomic E-state index is 11.3. The minimum atomic E-state index is -0.653. The van der Waals surface area contributed by atoms with Crippen molar-refractivity contribution in [3.63, 3.8) is 0 Å². The molecular formula is C19H22O4. The van der Waals surface area contributed by atoms with Gasteiger partial charge in [0.1, 0.15) is 19.0 Å². The number of rotatable bonds is 6. The van der Waals surface area contributed by atoms with Crippen molar-refractivity contribution >= 4 is 6.16 Å². The van der Waals surface area contributed by atoms with Gasteiger partial charge in [-0.25, -0.2) is 4.79 Å². The van der Waals surface area contributed by atoms with Crippen LogP contribution in [0.1, 0.15) is 30.5 Å². The van der Waals surface area contributed by atoms with Crippen LogP contribution in [0.15, 0.2) is 48.5 Å². The highest BCUT2D eigenvalue weighted by Crippen LogP contribution is 2.15. The number of benzene rings is 2. The molecule has 0 aliphatic heterocycles. The van der Waals surface area contributed by atoms with E-state index in [0.29, 0.717) is 6.61 Å². The first-order valence-corrected chi connectivity index (χ1v) is 7.63. The molecule has 0 N–H and O–H groups in total. The Bertz CT molecular complexity index is 615. The minimum Gasteiger partial charge on any atom is -0.489 e. The largest absolute Gasteiger partial charge is 0.508 e. The van der Waals surface area contributed by atoms with Crippen LogP contribution < -0.4 is 4.74 Å². The molecule has 2 aromatic carbocycles. The maximum Gasteiger partial charge on any atom is 0.508 e. The lowest BCUT2D eigenvalue weighted by Gasteiger charge is -2.10. The summed E-state index contributed by atoms with van der Waals surface area (Å²) in [6.07, 6.45) is -0.834. The molecule has 23 heavy (non-hydrogen) atoms. The van der Waals surface area contributed by atoms with E-state index in [0.717, 1.165) is 16.9 Å². The molecule has 122 valence electrons. The average Bonchev–Trinajstić information content (AvgIpc) is 2.53. The summed E-state index contributed by atoms with van der Waals surface area (Å²) in [5.41, 5.74) is 3.24. The number of hydrogen-bond donors (Lipinski definition) is 0. The molecule has 4 heteroatoms. The number of hydrogen-bond acceptors (Lipinski definition) is 4. The van der Waals surface area contributed by atoms with Crippen LogP contribution in [-0.4, -0.2) is 12.3 Å². The van der Waals surface area contributed by atoms with Gasteiger partial charge in [0.25, 0.3) is 0 Å². The van der Waals surface area contributed by atoms with Crippen LogP contribution >= 0.6 is 0 Å². The van der Waals surface area contributed by atoms with E-state index in [2.05, 4.69) is 31.2 Å². The summed E-state index contributed by atoms with van der Waals surface area (Å²) in [4.78, 5) is 11.3. The van der Waals surface area contributed by atoms with Gasteiger partial charge >= 0.3 is 6.16 Å². The first kappa shape index (κ1) is 16.9. The summed E-state index contributed by atoms with van der Waals surface area (Å²) in [7, 11) is 0. The molecule has 4 nitrogen and oxygen atoms in total. The van der Waals surface area contributed by atoms with Gasteiger partial charge in [-0.15, -0.1) is 0 Å². The normalized spacial score (nSPS) is 10.4. The molecule has 0 radical (unpaired) electrons. The molecule has 0 atom stereocenters. The van der Waals surface area contributed by atoms with Crippen molar-refractivity contribution in [2.24, 2.45) is 0 Å². The van der Waals surface area contributed by atoms with E-state index in [-0.39, 0.29) is 12.7 Å². The van der Waals surface area contributed by atoms with Gasteiger partial charge in [0.05, 0.1) is 6.10 Å². The quantitative estimate of drug-likeness (QED) is 0.729. The molecule has 0 aliphatic carbocycles. The highest BCUT2D eigenvalue weighted by Gasteiger charge is 2.06. The lowest BCUT2D eigenvalue weighted by Crippen LogP contribution is -2.12. The van der Waals surface area contributed by atoms with Crippen molar-refractivity contribution in [2.75, 3.05) is 0 Å². The zero-order chi connectivity index (χ0) is 16.7. The molecule has 0 unspecified atom stereocenters. The molecule has 0 amide bonds. The summed E-state index contributed by atoms with van der Waals surface area (Å²) in [6.45, 7) is 6.33. The topological polar surface area (TPSA) is 44.8 Å². The molecule has 0 heterocycles. The highest BCUT2D eigenvalue weighted by atomic mass is 16.7. The molecular weight excluding hydrogens is 292 g/mol. The third kappa shape index (κ3) is 6.02. The van der Waals surface area contributed by atoms with Gasteiger partial charge in [-0.05, 0) is 44.0 Å². The number of carbonyl (C=O) groups is 1. The van der Waals surface area contributed by atoms with Gasteiger partial charge in [0.15, 0.2) is 0 Å². The minimum absolute atomic E-state index is 0.181. The zero-order valence-electron chi connectivity index (χ0n) is 13.7. The first-order chi connectivity index (χ1) is 11.0. The summed E-state index contributed by atoms with van der Waals surface area (Å²) in [5, 5.41) is 0. The van der Waals surface area contributed by atoms with E-state index in [1.165, 1.54) is 5.56 Å². The van der Waals surface area contributed by atoms with Crippen molar-refractivity contribution in [1.29, 1.82) is 0 Å². The third-order valence-electron chi connectivity index (χ3n) is 3.14. The van der Waals surface area contributed by atoms with E-state index in [1.54, 1.807) is 13.8 Å². The summed E-state index contributed by atoms with van der Waals surface area (Å²) in [5.74, 6) is 0.777. The van der Waals surface area contributed by atoms with Gasteiger partial charge in [0.2, 0.25) is 0 Å². The van der Waals surface area contributed by atoms with Crippen LogP contribution in [0, 0.1) is 6.92 Å². The predicted octanol–water partition coefficient (Wildman–Crippen LogP) is 4.64. The fourth-order valence-electron chi connectivity index (χ4n) is 1.90. The molecule has 0 aromatic heterocycles. The van der Waals surface area contributed by atoms with Crippen molar-refractivity contribution in [1.82, 2.24) is 0 Å². The summed E-state index contributed by atoms with van der Waals surface area (Å²) in [6, 6.07) is 15.7. The van der Waals surface area contributed by atoms with Gasteiger partial charge < -0.3 is 14.2 Å². The van der Waals surface area contributed by atoms with E-state index < -0.39 is 6.16 Å². The summed E-state index contributed by atoms with van der Waals surface area (Å²) >= 11 is 0. The summed E-state index contributed by atoms with van der Waals surface area (Å²) < 4.78 is 15.7. The monoisotopic (exact) mass is 314 g/mol. The SMILES string of the molecule is Cc1ccc(COc2ccc(COC(=O)OC(C)C)cc2)cc1. The van der Waals surface area contributed by atoms with Crippen molar-refractivity contribution in [2.45, 2.75) is 40.1 Å². The Morgan fingerprint density at radius 1 is 0.913 bits per heavy atom. The van der Waals surface area contributed by atoms with Gasteiger partial charge in [0, 0.05) is 0 Å². The van der Waals surface area contributed by atoms with Crippen LogP contribution in [0.25, 0.3) is 0 Å². The van der Waals surface area contributed by atoms with Crippen molar-refractivity contribution < 1.29 is 19.0 Å². The molecule has 0 saturated carbocycles. The molecule has 2 rings (SSSR count). The van der Waals surface area contributed by atoms with E-state index >= 15 is 0 Å². The Balaban J connectivity index is 1.80. The second kappa shape index (κ2) is 8.22. The van der Waals surface area contributed by atoms with Crippen molar-refractivity contribution in [3.05, 3.63) is 65.2 Å².